The van der Waals surface area contributed by atoms with Crippen LogP contribution in [0.3, 0.4) is 0 Å². The third-order valence-electron chi connectivity index (χ3n) is 2.35. The SMILES string of the molecule is Cc1cn(CC(=O)O)c2cc(Cl)ccc12. The summed E-state index contributed by atoms with van der Waals surface area (Å²) < 4.78 is 1.69. The molecule has 78 valence electrons. The van der Waals surface area contributed by atoms with Gasteiger partial charge in [-0.2, -0.15) is 0 Å². The van der Waals surface area contributed by atoms with Crippen LogP contribution in [-0.4, -0.2) is 15.6 Å². The molecule has 0 saturated heterocycles. The van der Waals surface area contributed by atoms with Crippen molar-refractivity contribution < 1.29 is 9.90 Å². The Hall–Kier alpha value is -1.48. The Balaban J connectivity index is 2.64. The Morgan fingerprint density at radius 1 is 1.53 bits per heavy atom. The number of aryl methyl sites for hydroxylation is 1. The first-order chi connectivity index (χ1) is 7.08. The van der Waals surface area contributed by atoms with Gasteiger partial charge in [0.15, 0.2) is 0 Å². The van der Waals surface area contributed by atoms with Crippen LogP contribution in [0.1, 0.15) is 5.56 Å². The van der Waals surface area contributed by atoms with Gasteiger partial charge in [-0.05, 0) is 24.6 Å². The van der Waals surface area contributed by atoms with Crippen molar-refractivity contribution in [3.8, 4) is 0 Å². The van der Waals surface area contributed by atoms with Crippen molar-refractivity contribution in [1.82, 2.24) is 4.57 Å². The largest absolute Gasteiger partial charge is 0.480 e. The number of carboxylic acid groups (broad SMARTS) is 1. The summed E-state index contributed by atoms with van der Waals surface area (Å²) in [5, 5.41) is 10.4. The van der Waals surface area contributed by atoms with Crippen molar-refractivity contribution in [2.75, 3.05) is 0 Å². The number of nitrogens with zero attached hydrogens (tertiary/aromatic N) is 1. The number of rotatable bonds is 2. The summed E-state index contributed by atoms with van der Waals surface area (Å²) in [6.45, 7) is 1.92. The predicted molar refractivity (Wildman–Crippen MR) is 59.3 cm³/mol. The van der Waals surface area contributed by atoms with Crippen molar-refractivity contribution in [3.05, 3.63) is 35.0 Å². The summed E-state index contributed by atoms with van der Waals surface area (Å²) in [4.78, 5) is 10.7. The van der Waals surface area contributed by atoms with Gasteiger partial charge in [-0.1, -0.05) is 17.7 Å². The molecule has 1 aromatic carbocycles. The molecular weight excluding hydrogens is 214 g/mol. The number of halogens is 1. The van der Waals surface area contributed by atoms with Gasteiger partial charge in [0.25, 0.3) is 0 Å². The standard InChI is InChI=1S/C11H10ClNO2/c1-7-5-13(6-11(14)15)10-4-8(12)2-3-9(7)10/h2-5H,6H2,1H3,(H,14,15). The zero-order valence-corrected chi connectivity index (χ0v) is 8.95. The minimum atomic E-state index is -0.855. The first kappa shape index (κ1) is 10.1. The number of hydrogen-bond acceptors (Lipinski definition) is 1. The molecule has 0 aliphatic carbocycles. The van der Waals surface area contributed by atoms with Crippen LogP contribution in [0.4, 0.5) is 0 Å². The summed E-state index contributed by atoms with van der Waals surface area (Å²) in [6, 6.07) is 5.50. The van der Waals surface area contributed by atoms with Crippen LogP contribution in [0.15, 0.2) is 24.4 Å². The molecule has 0 fully saturated rings. The first-order valence-corrected chi connectivity index (χ1v) is 4.92. The average Bonchev–Trinajstić information content (AvgIpc) is 2.42. The van der Waals surface area contributed by atoms with Crippen molar-refractivity contribution in [2.24, 2.45) is 0 Å². The normalized spacial score (nSPS) is 10.8. The monoisotopic (exact) mass is 223 g/mol. The number of fused-ring (bicyclic) bond motifs is 1. The molecule has 0 spiro atoms. The maximum atomic E-state index is 10.7. The predicted octanol–water partition coefficient (Wildman–Crippen LogP) is 2.69. The molecule has 0 atom stereocenters. The van der Waals surface area contributed by atoms with E-state index >= 15 is 0 Å². The van der Waals surface area contributed by atoms with Crippen LogP contribution in [0, 0.1) is 6.92 Å². The fourth-order valence-corrected chi connectivity index (χ4v) is 1.89. The average molecular weight is 224 g/mol. The van der Waals surface area contributed by atoms with E-state index in [1.807, 2.05) is 25.3 Å². The van der Waals surface area contributed by atoms with Crippen molar-refractivity contribution in [2.45, 2.75) is 13.5 Å². The molecule has 0 aliphatic heterocycles. The number of carboxylic acids is 1. The van der Waals surface area contributed by atoms with E-state index in [1.54, 1.807) is 10.6 Å². The molecule has 4 heteroatoms. The molecule has 0 bridgehead atoms. The van der Waals surface area contributed by atoms with E-state index in [9.17, 15) is 4.79 Å². The highest BCUT2D eigenvalue weighted by Gasteiger charge is 2.08. The lowest BCUT2D eigenvalue weighted by molar-refractivity contribution is -0.137. The van der Waals surface area contributed by atoms with E-state index in [1.165, 1.54) is 0 Å². The van der Waals surface area contributed by atoms with Gasteiger partial charge < -0.3 is 9.67 Å². The Labute approximate surface area is 91.9 Å². The summed E-state index contributed by atoms with van der Waals surface area (Å²) in [5.41, 5.74) is 1.92. The highest BCUT2D eigenvalue weighted by atomic mass is 35.5. The molecule has 0 saturated carbocycles. The first-order valence-electron chi connectivity index (χ1n) is 4.55. The van der Waals surface area contributed by atoms with Gasteiger partial charge >= 0.3 is 5.97 Å². The topological polar surface area (TPSA) is 42.2 Å². The van der Waals surface area contributed by atoms with Crippen molar-refractivity contribution >= 4 is 28.5 Å². The van der Waals surface area contributed by atoms with E-state index < -0.39 is 5.97 Å². The van der Waals surface area contributed by atoms with Crippen LogP contribution in [0.2, 0.25) is 5.02 Å². The Morgan fingerprint density at radius 2 is 2.27 bits per heavy atom. The van der Waals surface area contributed by atoms with Gasteiger partial charge in [0.1, 0.15) is 6.54 Å². The minimum Gasteiger partial charge on any atom is -0.480 e. The third-order valence-corrected chi connectivity index (χ3v) is 2.58. The van der Waals surface area contributed by atoms with Gasteiger partial charge in [-0.15, -0.1) is 0 Å². The molecule has 0 unspecified atom stereocenters. The lowest BCUT2D eigenvalue weighted by atomic mass is 10.2. The van der Waals surface area contributed by atoms with Gasteiger partial charge in [0.05, 0.1) is 5.52 Å². The van der Waals surface area contributed by atoms with Gasteiger partial charge in [0.2, 0.25) is 0 Å². The van der Waals surface area contributed by atoms with Crippen molar-refractivity contribution in [1.29, 1.82) is 0 Å². The fourth-order valence-electron chi connectivity index (χ4n) is 1.73. The Bertz CT molecular complexity index is 531. The second-order valence-corrected chi connectivity index (χ2v) is 3.93. The molecule has 3 nitrogen and oxygen atoms in total. The second-order valence-electron chi connectivity index (χ2n) is 3.50. The van der Waals surface area contributed by atoms with Crippen LogP contribution in [0.25, 0.3) is 10.9 Å². The van der Waals surface area contributed by atoms with Gasteiger partial charge in [-0.3, -0.25) is 4.79 Å². The number of aliphatic carboxylic acids is 1. The minimum absolute atomic E-state index is 0.0370. The Morgan fingerprint density at radius 3 is 2.93 bits per heavy atom. The lowest BCUT2D eigenvalue weighted by Gasteiger charge is -2.00. The quantitative estimate of drug-likeness (QED) is 0.851. The zero-order chi connectivity index (χ0) is 11.0. The third kappa shape index (κ3) is 1.83. The summed E-state index contributed by atoms with van der Waals surface area (Å²) in [7, 11) is 0. The molecule has 0 radical (unpaired) electrons. The number of carbonyl (C=O) groups is 1. The van der Waals surface area contributed by atoms with E-state index in [0.717, 1.165) is 16.5 Å². The Kier molecular flexibility index (Phi) is 2.40. The zero-order valence-electron chi connectivity index (χ0n) is 8.20. The van der Waals surface area contributed by atoms with Gasteiger partial charge in [0, 0.05) is 16.6 Å². The molecule has 2 rings (SSSR count). The molecule has 0 amide bonds. The number of aromatic nitrogens is 1. The van der Waals surface area contributed by atoms with E-state index in [4.69, 9.17) is 16.7 Å². The van der Waals surface area contributed by atoms with E-state index in [-0.39, 0.29) is 6.54 Å². The molecular formula is C11H10ClNO2. The molecule has 1 N–H and O–H groups in total. The molecule has 1 heterocycles. The smallest absolute Gasteiger partial charge is 0.323 e. The van der Waals surface area contributed by atoms with Gasteiger partial charge in [-0.25, -0.2) is 0 Å². The van der Waals surface area contributed by atoms with Crippen LogP contribution in [0.5, 0.6) is 0 Å². The van der Waals surface area contributed by atoms with Crippen molar-refractivity contribution in [3.63, 3.8) is 0 Å². The molecule has 0 aliphatic rings. The second kappa shape index (κ2) is 3.59. The highest BCUT2D eigenvalue weighted by Crippen LogP contribution is 2.24. The van der Waals surface area contributed by atoms with Crippen LogP contribution in [-0.2, 0) is 11.3 Å². The summed E-state index contributed by atoms with van der Waals surface area (Å²) in [5.74, 6) is -0.855. The highest BCUT2D eigenvalue weighted by molar-refractivity contribution is 6.31. The fraction of sp³-hybridized carbons (Fsp3) is 0.182. The van der Waals surface area contributed by atoms with E-state index in [0.29, 0.717) is 5.02 Å². The lowest BCUT2D eigenvalue weighted by Crippen LogP contribution is -2.07. The molecule has 1 aromatic heterocycles. The number of hydrogen-bond donors (Lipinski definition) is 1. The molecule has 2 aromatic rings. The molecule has 15 heavy (non-hydrogen) atoms. The number of benzene rings is 1. The maximum Gasteiger partial charge on any atom is 0.323 e. The summed E-state index contributed by atoms with van der Waals surface area (Å²) >= 11 is 5.88. The van der Waals surface area contributed by atoms with Crippen LogP contribution >= 0.6 is 11.6 Å². The van der Waals surface area contributed by atoms with E-state index in [2.05, 4.69) is 0 Å². The maximum absolute atomic E-state index is 10.7. The van der Waals surface area contributed by atoms with Crippen LogP contribution < -0.4 is 0 Å². The summed E-state index contributed by atoms with van der Waals surface area (Å²) in [6.07, 6.45) is 1.83.